The topological polar surface area (TPSA) is 63.6 Å². The van der Waals surface area contributed by atoms with Crippen LogP contribution in [0.25, 0.3) is 12.2 Å². The maximum Gasteiger partial charge on any atom is 0.163 e. The quantitative estimate of drug-likeness (QED) is 0.415. The zero-order valence-corrected chi connectivity index (χ0v) is 15.7. The molecule has 0 bridgehead atoms. The minimum Gasteiger partial charge on any atom is -0.508 e. The van der Waals surface area contributed by atoms with Crippen LogP contribution in [0, 0.1) is 0 Å². The van der Waals surface area contributed by atoms with Gasteiger partial charge < -0.3 is 9.84 Å². The minimum absolute atomic E-state index is 0.161. The van der Waals surface area contributed by atoms with Crippen molar-refractivity contribution in [3.63, 3.8) is 0 Å². The number of para-hydroxylation sites is 1. The zero-order chi connectivity index (χ0) is 20.5. The van der Waals surface area contributed by atoms with Crippen molar-refractivity contribution in [2.75, 3.05) is 0 Å². The first-order valence-corrected chi connectivity index (χ1v) is 9.12. The number of benzene rings is 3. The predicted molar refractivity (Wildman–Crippen MR) is 114 cm³/mol. The highest BCUT2D eigenvalue weighted by molar-refractivity contribution is 6.10. The number of hydrogen-bond acceptors (Lipinski definition) is 4. The summed E-state index contributed by atoms with van der Waals surface area (Å²) in [4.78, 5) is 23.9. The van der Waals surface area contributed by atoms with Gasteiger partial charge >= 0.3 is 0 Å². The third-order valence-electron chi connectivity index (χ3n) is 4.02. The molecule has 0 heterocycles. The molecule has 0 amide bonds. The first-order chi connectivity index (χ1) is 14.1. The van der Waals surface area contributed by atoms with Gasteiger partial charge in [0.25, 0.3) is 0 Å². The minimum atomic E-state index is -0.278. The van der Waals surface area contributed by atoms with Crippen LogP contribution in [0.4, 0.5) is 0 Å². The van der Waals surface area contributed by atoms with Crippen molar-refractivity contribution in [2.24, 2.45) is 0 Å². The molecule has 0 saturated carbocycles. The highest BCUT2D eigenvalue weighted by Crippen LogP contribution is 2.21. The van der Waals surface area contributed by atoms with Crippen molar-refractivity contribution in [2.45, 2.75) is 6.42 Å². The van der Waals surface area contributed by atoms with Gasteiger partial charge in [0.2, 0.25) is 0 Å². The Bertz CT molecular complexity index is 1010. The standard InChI is InChI=1S/C25H20O4/c26-21-12-6-19(7-13-21)8-14-22(27)18-23(28)15-9-20-10-16-25(17-11-20)29-24-4-2-1-3-5-24/h1-17,26H,18H2/b14-8+,15-9+. The van der Waals surface area contributed by atoms with E-state index in [1.165, 1.54) is 24.3 Å². The van der Waals surface area contributed by atoms with Gasteiger partial charge in [-0.05, 0) is 59.7 Å². The van der Waals surface area contributed by atoms with E-state index in [0.717, 1.165) is 16.9 Å². The van der Waals surface area contributed by atoms with E-state index in [2.05, 4.69) is 0 Å². The molecule has 0 fully saturated rings. The van der Waals surface area contributed by atoms with Crippen molar-refractivity contribution in [3.8, 4) is 17.2 Å². The van der Waals surface area contributed by atoms with E-state index in [9.17, 15) is 14.7 Å². The normalized spacial score (nSPS) is 11.0. The summed E-state index contributed by atoms with van der Waals surface area (Å²) in [6, 6.07) is 23.2. The lowest BCUT2D eigenvalue weighted by atomic mass is 10.1. The molecule has 0 aliphatic carbocycles. The van der Waals surface area contributed by atoms with Crippen molar-refractivity contribution in [1.29, 1.82) is 0 Å². The molecule has 4 heteroatoms. The number of allylic oxidation sites excluding steroid dienone is 2. The van der Waals surface area contributed by atoms with Gasteiger partial charge in [-0.25, -0.2) is 0 Å². The molecule has 0 aliphatic rings. The fourth-order valence-corrected chi connectivity index (χ4v) is 2.52. The van der Waals surface area contributed by atoms with E-state index in [4.69, 9.17) is 4.74 Å². The van der Waals surface area contributed by atoms with E-state index < -0.39 is 0 Å². The molecule has 0 spiro atoms. The van der Waals surface area contributed by atoms with Crippen LogP contribution in [-0.4, -0.2) is 16.7 Å². The van der Waals surface area contributed by atoms with E-state index in [1.807, 2.05) is 54.6 Å². The molecule has 0 aromatic heterocycles. The molecule has 1 N–H and O–H groups in total. The summed E-state index contributed by atoms with van der Waals surface area (Å²) in [6.45, 7) is 0. The van der Waals surface area contributed by atoms with Crippen molar-refractivity contribution >= 4 is 23.7 Å². The summed E-state index contributed by atoms with van der Waals surface area (Å²) in [5.41, 5.74) is 1.61. The molecule has 4 nitrogen and oxygen atoms in total. The Morgan fingerprint density at radius 1 is 0.690 bits per heavy atom. The number of carbonyl (C=O) groups is 2. The molecule has 0 unspecified atom stereocenters. The molecule has 29 heavy (non-hydrogen) atoms. The number of carbonyl (C=O) groups excluding carboxylic acids is 2. The predicted octanol–water partition coefficient (Wildman–Crippen LogP) is 5.44. The van der Waals surface area contributed by atoms with Crippen LogP contribution in [0.2, 0.25) is 0 Å². The summed E-state index contributed by atoms with van der Waals surface area (Å²) >= 11 is 0. The Balaban J connectivity index is 1.50. The van der Waals surface area contributed by atoms with E-state index in [0.29, 0.717) is 5.75 Å². The van der Waals surface area contributed by atoms with Crippen LogP contribution in [0.1, 0.15) is 17.5 Å². The van der Waals surface area contributed by atoms with Gasteiger partial charge in [0.15, 0.2) is 11.6 Å². The Kier molecular flexibility index (Phi) is 6.74. The summed E-state index contributed by atoms with van der Waals surface area (Å²) in [5, 5.41) is 9.24. The fraction of sp³-hybridized carbons (Fsp3) is 0.0400. The van der Waals surface area contributed by atoms with Crippen molar-refractivity contribution in [1.82, 2.24) is 0 Å². The van der Waals surface area contributed by atoms with E-state index in [-0.39, 0.29) is 23.7 Å². The average molecular weight is 384 g/mol. The number of ketones is 2. The number of phenols is 1. The SMILES string of the molecule is O=C(/C=C/c1ccc(O)cc1)CC(=O)/C=C/c1ccc(Oc2ccccc2)cc1. The van der Waals surface area contributed by atoms with Gasteiger partial charge in [-0.3, -0.25) is 9.59 Å². The number of phenolic OH excluding ortho intramolecular Hbond substituents is 1. The second kappa shape index (κ2) is 9.85. The molecule has 3 aromatic rings. The number of ether oxygens (including phenoxy) is 1. The molecular weight excluding hydrogens is 364 g/mol. The largest absolute Gasteiger partial charge is 0.508 e. The third-order valence-corrected chi connectivity index (χ3v) is 4.02. The van der Waals surface area contributed by atoms with Crippen LogP contribution < -0.4 is 4.74 Å². The van der Waals surface area contributed by atoms with Gasteiger partial charge in [0.1, 0.15) is 17.2 Å². The van der Waals surface area contributed by atoms with Crippen molar-refractivity contribution < 1.29 is 19.4 Å². The second-order valence-electron chi connectivity index (χ2n) is 6.35. The van der Waals surface area contributed by atoms with Gasteiger partial charge in [-0.1, -0.05) is 54.6 Å². The molecule has 0 radical (unpaired) electrons. The summed E-state index contributed by atoms with van der Waals surface area (Å²) < 4.78 is 5.72. The van der Waals surface area contributed by atoms with Crippen LogP contribution in [0.15, 0.2) is 91.0 Å². The maximum absolute atomic E-state index is 12.0. The second-order valence-corrected chi connectivity index (χ2v) is 6.35. The zero-order valence-electron chi connectivity index (χ0n) is 15.7. The number of aromatic hydroxyl groups is 1. The maximum atomic E-state index is 12.0. The van der Waals surface area contributed by atoms with E-state index in [1.54, 1.807) is 24.3 Å². The summed E-state index contributed by atoms with van der Waals surface area (Å²) in [7, 11) is 0. The fourth-order valence-electron chi connectivity index (χ4n) is 2.52. The Hall–Kier alpha value is -3.92. The molecule has 3 aromatic carbocycles. The van der Waals surface area contributed by atoms with Gasteiger partial charge in [-0.2, -0.15) is 0 Å². The monoisotopic (exact) mass is 384 g/mol. The van der Waals surface area contributed by atoms with E-state index >= 15 is 0 Å². The first-order valence-electron chi connectivity index (χ1n) is 9.12. The van der Waals surface area contributed by atoms with Gasteiger partial charge in [0, 0.05) is 0 Å². The first kappa shape index (κ1) is 19.8. The molecular formula is C25H20O4. The van der Waals surface area contributed by atoms with Gasteiger partial charge in [0.05, 0.1) is 6.42 Å². The lowest BCUT2D eigenvalue weighted by molar-refractivity contribution is -0.121. The molecule has 0 saturated heterocycles. The molecule has 0 aliphatic heterocycles. The van der Waals surface area contributed by atoms with Crippen molar-refractivity contribution in [3.05, 3.63) is 102 Å². The highest BCUT2D eigenvalue weighted by Gasteiger charge is 2.04. The smallest absolute Gasteiger partial charge is 0.163 e. The summed E-state index contributed by atoms with van der Waals surface area (Å²) in [6.07, 6.45) is 5.86. The van der Waals surface area contributed by atoms with Crippen LogP contribution in [-0.2, 0) is 9.59 Å². The number of hydrogen-bond donors (Lipinski definition) is 1. The number of rotatable bonds is 8. The lowest BCUT2D eigenvalue weighted by Crippen LogP contribution is -2.01. The van der Waals surface area contributed by atoms with Crippen LogP contribution in [0.3, 0.4) is 0 Å². The van der Waals surface area contributed by atoms with Gasteiger partial charge in [-0.15, -0.1) is 0 Å². The third kappa shape index (κ3) is 6.63. The lowest BCUT2D eigenvalue weighted by Gasteiger charge is -2.05. The Labute approximate surface area is 169 Å². The Morgan fingerprint density at radius 3 is 1.72 bits per heavy atom. The van der Waals surface area contributed by atoms with Crippen LogP contribution in [0.5, 0.6) is 17.2 Å². The summed E-state index contributed by atoms with van der Waals surface area (Å²) in [5.74, 6) is 1.07. The molecule has 0 atom stereocenters. The molecule has 3 rings (SSSR count). The van der Waals surface area contributed by atoms with Crippen LogP contribution >= 0.6 is 0 Å². The highest BCUT2D eigenvalue weighted by atomic mass is 16.5. The average Bonchev–Trinajstić information content (AvgIpc) is 2.74. The molecule has 144 valence electrons. The Morgan fingerprint density at radius 2 is 1.17 bits per heavy atom.